The predicted octanol–water partition coefficient (Wildman–Crippen LogP) is 2.82. The summed E-state index contributed by atoms with van der Waals surface area (Å²) in [5, 5.41) is 2.49. The van der Waals surface area contributed by atoms with Crippen molar-refractivity contribution in [2.75, 3.05) is 6.54 Å². The molecule has 0 radical (unpaired) electrons. The maximum Gasteiger partial charge on any atom is 0.319 e. The third-order valence-corrected chi connectivity index (χ3v) is 2.98. The summed E-state index contributed by atoms with van der Waals surface area (Å²) in [7, 11) is 0. The number of alkyl halides is 4. The first-order valence-electron chi connectivity index (χ1n) is 5.56. The molecule has 0 spiro atoms. The molecule has 1 atom stereocenters. The van der Waals surface area contributed by atoms with Gasteiger partial charge in [-0.3, -0.25) is 0 Å². The van der Waals surface area contributed by atoms with Crippen molar-refractivity contribution in [1.82, 2.24) is 5.32 Å². The summed E-state index contributed by atoms with van der Waals surface area (Å²) in [6.07, 6.45) is -3.13. The highest BCUT2D eigenvalue weighted by Gasteiger charge is 2.48. The van der Waals surface area contributed by atoms with E-state index in [2.05, 4.69) is 5.32 Å². The molecule has 1 saturated heterocycles. The molecule has 0 aliphatic carbocycles. The fourth-order valence-corrected chi connectivity index (χ4v) is 2.22. The van der Waals surface area contributed by atoms with E-state index in [9.17, 15) is 17.6 Å². The Morgan fingerprint density at radius 1 is 1.29 bits per heavy atom. The maximum atomic E-state index is 12.8. The van der Waals surface area contributed by atoms with E-state index >= 15 is 0 Å². The molecular formula is C11H19F4NO. The molecule has 1 N–H and O–H groups in total. The number of ether oxygens (including phenoxy) is 1. The van der Waals surface area contributed by atoms with Gasteiger partial charge in [0.05, 0.1) is 17.7 Å². The van der Waals surface area contributed by atoms with Crippen molar-refractivity contribution in [2.45, 2.75) is 63.7 Å². The maximum absolute atomic E-state index is 12.8. The van der Waals surface area contributed by atoms with Crippen LogP contribution in [0.3, 0.4) is 0 Å². The van der Waals surface area contributed by atoms with Crippen LogP contribution in [0.25, 0.3) is 0 Å². The monoisotopic (exact) mass is 257 g/mol. The van der Waals surface area contributed by atoms with E-state index in [1.165, 1.54) is 0 Å². The minimum Gasteiger partial charge on any atom is -0.368 e. The summed E-state index contributed by atoms with van der Waals surface area (Å²) < 4.78 is 55.3. The highest BCUT2D eigenvalue weighted by molar-refractivity contribution is 4.99. The molecule has 0 bridgehead atoms. The fourth-order valence-electron chi connectivity index (χ4n) is 2.22. The smallest absolute Gasteiger partial charge is 0.319 e. The highest BCUT2D eigenvalue weighted by atomic mass is 19.3. The van der Waals surface area contributed by atoms with E-state index in [0.29, 0.717) is 6.42 Å². The normalized spacial score (nSPS) is 27.7. The Labute approximate surface area is 98.7 Å². The van der Waals surface area contributed by atoms with Gasteiger partial charge in [-0.1, -0.05) is 0 Å². The average molecular weight is 257 g/mol. The van der Waals surface area contributed by atoms with Gasteiger partial charge >= 0.3 is 12.3 Å². The van der Waals surface area contributed by atoms with Crippen molar-refractivity contribution < 1.29 is 22.3 Å². The molecule has 0 aromatic heterocycles. The van der Waals surface area contributed by atoms with E-state index in [0.717, 1.165) is 0 Å². The molecule has 1 aliphatic rings. The number of rotatable bonds is 4. The first kappa shape index (κ1) is 14.7. The van der Waals surface area contributed by atoms with E-state index in [1.54, 1.807) is 13.8 Å². The Morgan fingerprint density at radius 2 is 1.82 bits per heavy atom. The van der Waals surface area contributed by atoms with Crippen LogP contribution >= 0.6 is 0 Å². The first-order valence-corrected chi connectivity index (χ1v) is 5.56. The molecule has 1 rings (SSSR count). The van der Waals surface area contributed by atoms with Gasteiger partial charge in [0.15, 0.2) is 0 Å². The van der Waals surface area contributed by atoms with Gasteiger partial charge in [-0.25, -0.2) is 8.78 Å². The lowest BCUT2D eigenvalue weighted by Gasteiger charge is -2.29. The summed E-state index contributed by atoms with van der Waals surface area (Å²) in [5.41, 5.74) is -1.07. The topological polar surface area (TPSA) is 21.3 Å². The summed E-state index contributed by atoms with van der Waals surface area (Å²) >= 11 is 0. The Bertz CT molecular complexity index is 279. The summed E-state index contributed by atoms with van der Waals surface area (Å²) in [6, 6.07) is -0.359. The van der Waals surface area contributed by atoms with Crippen LogP contribution in [-0.2, 0) is 4.74 Å². The quantitative estimate of drug-likeness (QED) is 0.782. The van der Waals surface area contributed by atoms with E-state index in [1.807, 2.05) is 13.8 Å². The van der Waals surface area contributed by atoms with Gasteiger partial charge in [-0.15, -0.1) is 0 Å². The second-order valence-electron chi connectivity index (χ2n) is 5.66. The number of halogens is 4. The van der Waals surface area contributed by atoms with E-state index in [4.69, 9.17) is 4.74 Å². The Morgan fingerprint density at radius 3 is 2.18 bits per heavy atom. The number of nitrogens with one attached hydrogen (secondary N) is 1. The van der Waals surface area contributed by atoms with E-state index in [-0.39, 0.29) is 6.04 Å². The molecule has 2 nitrogen and oxygen atoms in total. The van der Waals surface area contributed by atoms with Gasteiger partial charge in [0.25, 0.3) is 0 Å². The van der Waals surface area contributed by atoms with Gasteiger partial charge in [0.1, 0.15) is 0 Å². The summed E-state index contributed by atoms with van der Waals surface area (Å²) in [4.78, 5) is 0. The van der Waals surface area contributed by atoms with Crippen molar-refractivity contribution in [1.29, 1.82) is 0 Å². The average Bonchev–Trinajstić information content (AvgIpc) is 2.30. The van der Waals surface area contributed by atoms with Gasteiger partial charge in [0, 0.05) is 6.04 Å². The van der Waals surface area contributed by atoms with Crippen LogP contribution in [-0.4, -0.2) is 36.1 Å². The number of hydrogen-bond donors (Lipinski definition) is 1. The van der Waals surface area contributed by atoms with E-state index < -0.39 is 30.1 Å². The molecule has 1 heterocycles. The molecule has 1 aliphatic heterocycles. The second-order valence-corrected chi connectivity index (χ2v) is 5.66. The lowest BCUT2D eigenvalue weighted by molar-refractivity contribution is -0.128. The van der Waals surface area contributed by atoms with Gasteiger partial charge < -0.3 is 10.1 Å². The zero-order valence-electron chi connectivity index (χ0n) is 10.5. The molecule has 0 aromatic rings. The van der Waals surface area contributed by atoms with Crippen molar-refractivity contribution in [3.8, 4) is 0 Å². The minimum absolute atomic E-state index is 0.359. The van der Waals surface area contributed by atoms with Crippen molar-refractivity contribution in [3.63, 3.8) is 0 Å². The molecule has 1 unspecified atom stereocenters. The molecule has 0 saturated carbocycles. The SMILES string of the molecule is CC1(C)CC(NCC(F)(F)C(F)F)C(C)(C)O1. The van der Waals surface area contributed by atoms with Crippen LogP contribution < -0.4 is 5.32 Å². The zero-order valence-corrected chi connectivity index (χ0v) is 10.5. The predicted molar refractivity (Wildman–Crippen MR) is 56.6 cm³/mol. The van der Waals surface area contributed by atoms with Gasteiger partial charge in [-0.2, -0.15) is 8.78 Å². The Balaban J connectivity index is 2.59. The van der Waals surface area contributed by atoms with Gasteiger partial charge in [0.2, 0.25) is 0 Å². The minimum atomic E-state index is -4.00. The summed E-state index contributed by atoms with van der Waals surface area (Å²) in [6.45, 7) is 6.20. The molecule has 102 valence electrons. The van der Waals surface area contributed by atoms with Crippen LogP contribution in [0.5, 0.6) is 0 Å². The number of hydrogen-bond acceptors (Lipinski definition) is 2. The molecule has 1 fully saturated rings. The lowest BCUT2D eigenvalue weighted by Crippen LogP contribution is -2.49. The molecule has 6 heteroatoms. The van der Waals surface area contributed by atoms with Crippen LogP contribution in [0.4, 0.5) is 17.6 Å². The highest BCUT2D eigenvalue weighted by Crippen LogP contribution is 2.37. The van der Waals surface area contributed by atoms with Crippen LogP contribution in [0, 0.1) is 0 Å². The van der Waals surface area contributed by atoms with Crippen LogP contribution in [0.1, 0.15) is 34.1 Å². The molecule has 0 amide bonds. The standard InChI is InChI=1S/C11H19F4NO/c1-9(2)5-7(10(3,4)17-9)16-6-11(14,15)8(12)13/h7-8,16H,5-6H2,1-4H3. The Hall–Kier alpha value is -0.360. The lowest BCUT2D eigenvalue weighted by atomic mass is 9.94. The third kappa shape index (κ3) is 3.55. The molecule has 0 aromatic carbocycles. The van der Waals surface area contributed by atoms with Crippen LogP contribution in [0.2, 0.25) is 0 Å². The Kier molecular flexibility index (Phi) is 3.79. The van der Waals surface area contributed by atoms with Crippen LogP contribution in [0.15, 0.2) is 0 Å². The largest absolute Gasteiger partial charge is 0.368 e. The second kappa shape index (κ2) is 4.39. The van der Waals surface area contributed by atoms with Gasteiger partial charge in [-0.05, 0) is 34.1 Å². The summed E-state index contributed by atoms with van der Waals surface area (Å²) in [5.74, 6) is -4.00. The van der Waals surface area contributed by atoms with Crippen molar-refractivity contribution in [3.05, 3.63) is 0 Å². The first-order chi connectivity index (χ1) is 7.46. The third-order valence-electron chi connectivity index (χ3n) is 2.98. The molecule has 17 heavy (non-hydrogen) atoms. The fraction of sp³-hybridized carbons (Fsp3) is 1.00. The zero-order chi connectivity index (χ0) is 13.5. The van der Waals surface area contributed by atoms with Crippen molar-refractivity contribution in [2.24, 2.45) is 0 Å². The van der Waals surface area contributed by atoms with Crippen molar-refractivity contribution >= 4 is 0 Å². The molecular weight excluding hydrogens is 238 g/mol.